The lowest BCUT2D eigenvalue weighted by Gasteiger charge is -2.16. The minimum atomic E-state index is -0.210. The molecule has 3 rings (SSSR count). The summed E-state index contributed by atoms with van der Waals surface area (Å²) in [5.74, 6) is 0.659. The molecule has 1 aromatic heterocycles. The number of benzene rings is 2. The zero-order valence-corrected chi connectivity index (χ0v) is 15.2. The van der Waals surface area contributed by atoms with E-state index in [1.54, 1.807) is 13.8 Å². The number of hydrogen-bond acceptors (Lipinski definition) is 4. The Morgan fingerprint density at radius 1 is 1.19 bits per heavy atom. The number of hydrogen-bond donors (Lipinski definition) is 1. The van der Waals surface area contributed by atoms with Crippen molar-refractivity contribution < 1.29 is 9.21 Å². The van der Waals surface area contributed by atoms with Crippen molar-refractivity contribution in [2.45, 2.75) is 20.4 Å². The topological polar surface area (TPSA) is 69.3 Å². The molecule has 2 aromatic carbocycles. The Morgan fingerprint density at radius 2 is 1.92 bits per heavy atom. The Morgan fingerprint density at radius 3 is 2.65 bits per heavy atom. The molecule has 0 aliphatic carbocycles. The first kappa shape index (κ1) is 17.7. The molecule has 5 heteroatoms. The van der Waals surface area contributed by atoms with E-state index in [1.165, 1.54) is 10.8 Å². The molecule has 0 aliphatic heterocycles. The average molecular weight is 347 g/mol. The van der Waals surface area contributed by atoms with Crippen molar-refractivity contribution in [2.75, 3.05) is 18.9 Å². The molecule has 26 heavy (non-hydrogen) atoms. The van der Waals surface area contributed by atoms with E-state index in [1.807, 2.05) is 24.1 Å². The second-order valence-electron chi connectivity index (χ2n) is 6.50. The maximum atomic E-state index is 12.3. The van der Waals surface area contributed by atoms with Gasteiger partial charge in [-0.25, -0.2) is 0 Å². The van der Waals surface area contributed by atoms with Crippen LogP contribution in [-0.4, -0.2) is 24.4 Å². The van der Waals surface area contributed by atoms with Gasteiger partial charge in [0.15, 0.2) is 0 Å². The largest absolute Gasteiger partial charge is 0.444 e. The monoisotopic (exact) mass is 347 g/mol. The van der Waals surface area contributed by atoms with Crippen LogP contribution in [0.15, 0.2) is 46.9 Å². The molecule has 0 unspecified atom stereocenters. The smallest absolute Gasteiger partial charge is 0.240 e. The van der Waals surface area contributed by atoms with Gasteiger partial charge in [-0.2, -0.15) is 5.26 Å². The van der Waals surface area contributed by atoms with Gasteiger partial charge in [0, 0.05) is 12.1 Å². The number of fused-ring (bicyclic) bond motifs is 1. The van der Waals surface area contributed by atoms with Gasteiger partial charge in [0.05, 0.1) is 6.54 Å². The maximum absolute atomic E-state index is 12.3. The van der Waals surface area contributed by atoms with E-state index in [-0.39, 0.29) is 18.3 Å². The minimum absolute atomic E-state index is 0.205. The summed E-state index contributed by atoms with van der Waals surface area (Å²) in [5.41, 5.74) is 2.28. The Balaban J connectivity index is 1.64. The fourth-order valence-electron chi connectivity index (χ4n) is 2.97. The summed E-state index contributed by atoms with van der Waals surface area (Å²) in [5, 5.41) is 14.3. The van der Waals surface area contributed by atoms with Gasteiger partial charge >= 0.3 is 0 Å². The van der Waals surface area contributed by atoms with Crippen LogP contribution in [0.3, 0.4) is 0 Å². The van der Waals surface area contributed by atoms with Crippen LogP contribution in [0.5, 0.6) is 0 Å². The van der Waals surface area contributed by atoms with Crippen molar-refractivity contribution >= 4 is 22.6 Å². The standard InChI is InChI=1S/C21H21N3O2/c1-14-15(2)26-21(19(14)11-22)23-20(25)13-24(3)12-16-8-9-17-6-4-5-7-18(17)10-16/h4-10H,12-13H2,1-3H3,(H,23,25). The number of nitriles is 1. The Kier molecular flexibility index (Phi) is 5.06. The van der Waals surface area contributed by atoms with Gasteiger partial charge in [0.25, 0.3) is 0 Å². The third-order valence-corrected chi connectivity index (χ3v) is 4.43. The summed E-state index contributed by atoms with van der Waals surface area (Å²) in [6.07, 6.45) is 0. The number of carbonyl (C=O) groups excluding carboxylic acids is 1. The van der Waals surface area contributed by atoms with Crippen molar-refractivity contribution in [3.63, 3.8) is 0 Å². The van der Waals surface area contributed by atoms with E-state index in [2.05, 4.69) is 41.7 Å². The molecule has 0 radical (unpaired) electrons. The van der Waals surface area contributed by atoms with Crippen molar-refractivity contribution in [1.82, 2.24) is 4.90 Å². The molecule has 0 saturated carbocycles. The van der Waals surface area contributed by atoms with E-state index in [0.717, 1.165) is 11.1 Å². The zero-order valence-electron chi connectivity index (χ0n) is 15.2. The molecular formula is C21H21N3O2. The molecule has 5 nitrogen and oxygen atoms in total. The van der Waals surface area contributed by atoms with Crippen LogP contribution in [0.1, 0.15) is 22.5 Å². The summed E-state index contributed by atoms with van der Waals surface area (Å²) in [6, 6.07) is 16.6. The van der Waals surface area contributed by atoms with Crippen molar-refractivity contribution in [2.24, 2.45) is 0 Å². The van der Waals surface area contributed by atoms with E-state index >= 15 is 0 Å². The third kappa shape index (κ3) is 3.76. The van der Waals surface area contributed by atoms with Crippen LogP contribution in [-0.2, 0) is 11.3 Å². The molecule has 0 bridgehead atoms. The third-order valence-electron chi connectivity index (χ3n) is 4.43. The summed E-state index contributed by atoms with van der Waals surface area (Å²) in [4.78, 5) is 14.2. The fourth-order valence-corrected chi connectivity index (χ4v) is 2.97. The number of furan rings is 1. The van der Waals surface area contributed by atoms with Gasteiger partial charge in [0.2, 0.25) is 11.8 Å². The predicted octanol–water partition coefficient (Wildman–Crippen LogP) is 3.99. The number of nitrogens with one attached hydrogen (secondary N) is 1. The molecule has 0 fully saturated rings. The van der Waals surface area contributed by atoms with Crippen LogP contribution in [0.2, 0.25) is 0 Å². The molecule has 0 atom stereocenters. The summed E-state index contributed by atoms with van der Waals surface area (Å²) < 4.78 is 5.48. The molecule has 132 valence electrons. The lowest BCUT2D eigenvalue weighted by atomic mass is 10.1. The van der Waals surface area contributed by atoms with Crippen molar-refractivity contribution in [3.05, 3.63) is 64.9 Å². The SMILES string of the molecule is Cc1oc(NC(=O)CN(C)Cc2ccc3ccccc3c2)c(C#N)c1C. The summed E-state index contributed by atoms with van der Waals surface area (Å²) >= 11 is 0. The number of carbonyl (C=O) groups is 1. The van der Waals surface area contributed by atoms with Crippen LogP contribution in [0.4, 0.5) is 5.88 Å². The quantitative estimate of drug-likeness (QED) is 0.757. The van der Waals surface area contributed by atoms with Crippen molar-refractivity contribution in [1.29, 1.82) is 5.26 Å². The zero-order chi connectivity index (χ0) is 18.7. The second kappa shape index (κ2) is 7.42. The van der Waals surface area contributed by atoms with E-state index < -0.39 is 0 Å². The number of aryl methyl sites for hydroxylation is 1. The number of amides is 1. The Bertz CT molecular complexity index is 998. The van der Waals surface area contributed by atoms with Gasteiger partial charge in [-0.3, -0.25) is 15.0 Å². The molecule has 0 aliphatic rings. The molecule has 1 heterocycles. The highest BCUT2D eigenvalue weighted by atomic mass is 16.4. The Labute approximate surface area is 152 Å². The molecule has 0 saturated heterocycles. The minimum Gasteiger partial charge on any atom is -0.444 e. The van der Waals surface area contributed by atoms with Gasteiger partial charge < -0.3 is 4.42 Å². The first-order valence-electron chi connectivity index (χ1n) is 8.44. The van der Waals surface area contributed by atoms with E-state index in [9.17, 15) is 10.1 Å². The van der Waals surface area contributed by atoms with Gasteiger partial charge in [0.1, 0.15) is 17.4 Å². The van der Waals surface area contributed by atoms with Crippen LogP contribution in [0, 0.1) is 25.2 Å². The van der Waals surface area contributed by atoms with Crippen LogP contribution in [0.25, 0.3) is 10.8 Å². The van der Waals surface area contributed by atoms with Gasteiger partial charge in [-0.1, -0.05) is 36.4 Å². The summed E-state index contributed by atoms with van der Waals surface area (Å²) in [7, 11) is 1.89. The van der Waals surface area contributed by atoms with Crippen LogP contribution < -0.4 is 5.32 Å². The maximum Gasteiger partial charge on any atom is 0.240 e. The van der Waals surface area contributed by atoms with E-state index in [0.29, 0.717) is 17.9 Å². The number of likely N-dealkylation sites (N-methyl/N-ethyl adjacent to an activating group) is 1. The predicted molar refractivity (Wildman–Crippen MR) is 102 cm³/mol. The van der Waals surface area contributed by atoms with Gasteiger partial charge in [-0.15, -0.1) is 0 Å². The molecule has 1 amide bonds. The molecule has 0 spiro atoms. The van der Waals surface area contributed by atoms with Crippen LogP contribution >= 0.6 is 0 Å². The normalized spacial score (nSPS) is 10.9. The van der Waals surface area contributed by atoms with Gasteiger partial charge in [-0.05, 0) is 43.3 Å². The fraction of sp³-hybridized carbons (Fsp3) is 0.238. The lowest BCUT2D eigenvalue weighted by molar-refractivity contribution is -0.117. The average Bonchev–Trinajstić information content (AvgIpc) is 2.87. The number of anilines is 1. The first-order valence-corrected chi connectivity index (χ1v) is 8.44. The highest BCUT2D eigenvalue weighted by Gasteiger charge is 2.17. The summed E-state index contributed by atoms with van der Waals surface area (Å²) in [6.45, 7) is 4.44. The second-order valence-corrected chi connectivity index (χ2v) is 6.50. The number of nitrogens with zero attached hydrogens (tertiary/aromatic N) is 2. The molecular weight excluding hydrogens is 326 g/mol. The highest BCUT2D eigenvalue weighted by Crippen LogP contribution is 2.25. The molecule has 1 N–H and O–H groups in total. The van der Waals surface area contributed by atoms with E-state index in [4.69, 9.17) is 4.42 Å². The highest BCUT2D eigenvalue weighted by molar-refractivity contribution is 5.92. The Hall–Kier alpha value is -3.10. The molecule has 3 aromatic rings. The first-order chi connectivity index (χ1) is 12.5. The number of rotatable bonds is 5. The lowest BCUT2D eigenvalue weighted by Crippen LogP contribution is -2.29. The van der Waals surface area contributed by atoms with Crippen molar-refractivity contribution in [3.8, 4) is 6.07 Å².